The van der Waals surface area contributed by atoms with Crippen LogP contribution in [0, 0.1) is 5.41 Å². The average Bonchev–Trinajstić information content (AvgIpc) is 3.19. The molecule has 0 spiro atoms. The number of carbonyl (C=O) groups is 1. The van der Waals surface area contributed by atoms with E-state index in [0.717, 1.165) is 17.7 Å². The van der Waals surface area contributed by atoms with Crippen LogP contribution < -0.4 is 11.1 Å². The molecule has 5 nitrogen and oxygen atoms in total. The fourth-order valence-electron chi connectivity index (χ4n) is 1.94. The lowest BCUT2D eigenvalue weighted by atomic mass is 10.0. The van der Waals surface area contributed by atoms with Gasteiger partial charge in [0.15, 0.2) is 5.84 Å². The quantitative estimate of drug-likeness (QED) is 0.327. The molecule has 0 radical (unpaired) electrons. The first-order chi connectivity index (χ1) is 8.62. The van der Waals surface area contributed by atoms with Gasteiger partial charge in [0.05, 0.1) is 0 Å². The van der Waals surface area contributed by atoms with E-state index < -0.39 is 5.41 Å². The number of anilines is 1. The number of aryl methyl sites for hydroxylation is 1. The number of carbonyl (C=O) groups excluding carboxylic acids is 1. The fourth-order valence-corrected chi connectivity index (χ4v) is 1.94. The lowest BCUT2D eigenvalue weighted by Gasteiger charge is -2.14. The zero-order valence-corrected chi connectivity index (χ0v) is 10.3. The summed E-state index contributed by atoms with van der Waals surface area (Å²) in [5.41, 5.74) is 6.66. The smallest absolute Gasteiger partial charge is 0.238 e. The van der Waals surface area contributed by atoms with Crippen molar-refractivity contribution in [1.82, 2.24) is 0 Å². The third-order valence-corrected chi connectivity index (χ3v) is 3.38. The molecule has 1 amide bonds. The van der Waals surface area contributed by atoms with Gasteiger partial charge in [0.25, 0.3) is 0 Å². The Morgan fingerprint density at radius 1 is 1.56 bits per heavy atom. The largest absolute Gasteiger partial charge is 0.409 e. The zero-order valence-electron chi connectivity index (χ0n) is 10.3. The van der Waals surface area contributed by atoms with Crippen LogP contribution in [-0.2, 0) is 11.2 Å². The molecule has 5 heteroatoms. The van der Waals surface area contributed by atoms with E-state index in [1.165, 1.54) is 0 Å². The predicted octanol–water partition coefficient (Wildman–Crippen LogP) is 1.71. The van der Waals surface area contributed by atoms with E-state index in [4.69, 9.17) is 10.9 Å². The van der Waals surface area contributed by atoms with Crippen molar-refractivity contribution in [2.75, 3.05) is 5.32 Å². The summed E-state index contributed by atoms with van der Waals surface area (Å²) in [5.74, 6) is -0.210. The monoisotopic (exact) mass is 247 g/mol. The summed E-state index contributed by atoms with van der Waals surface area (Å²) in [4.78, 5) is 12.1. The molecule has 1 aromatic rings. The summed E-state index contributed by atoms with van der Waals surface area (Å²) in [6.45, 7) is 2.06. The molecule has 0 aliphatic heterocycles. The van der Waals surface area contributed by atoms with Crippen molar-refractivity contribution in [3.05, 3.63) is 29.8 Å². The summed E-state index contributed by atoms with van der Waals surface area (Å²) in [6.07, 6.45) is 2.17. The maximum absolute atomic E-state index is 12.1. The summed E-state index contributed by atoms with van der Waals surface area (Å²) in [5, 5.41) is 14.5. The third kappa shape index (κ3) is 2.16. The van der Waals surface area contributed by atoms with Gasteiger partial charge >= 0.3 is 0 Å². The maximum atomic E-state index is 12.1. The standard InChI is InChI=1S/C13H17N3O2/c1-2-9-4-3-5-10(8-9)15-12(17)13(6-7-13)11(14)16-18/h3-5,8,18H,2,6-7H2,1H3,(H2,14,16)(H,15,17). The van der Waals surface area contributed by atoms with Crippen LogP contribution in [0.1, 0.15) is 25.3 Å². The Morgan fingerprint density at radius 3 is 2.83 bits per heavy atom. The molecule has 96 valence electrons. The second-order valence-corrected chi connectivity index (χ2v) is 4.58. The highest BCUT2D eigenvalue weighted by Gasteiger charge is 2.54. The Hall–Kier alpha value is -2.04. The fraction of sp³-hybridized carbons (Fsp3) is 0.385. The summed E-state index contributed by atoms with van der Waals surface area (Å²) in [6, 6.07) is 7.67. The summed E-state index contributed by atoms with van der Waals surface area (Å²) >= 11 is 0. The van der Waals surface area contributed by atoms with Crippen LogP contribution in [0.4, 0.5) is 5.69 Å². The van der Waals surface area contributed by atoms with E-state index in [2.05, 4.69) is 17.4 Å². The van der Waals surface area contributed by atoms with Gasteiger partial charge in [-0.1, -0.05) is 24.2 Å². The van der Waals surface area contributed by atoms with Crippen molar-refractivity contribution < 1.29 is 10.0 Å². The number of nitrogens with one attached hydrogen (secondary N) is 1. The highest BCUT2D eigenvalue weighted by atomic mass is 16.4. The van der Waals surface area contributed by atoms with Crippen molar-refractivity contribution in [2.24, 2.45) is 16.3 Å². The van der Waals surface area contributed by atoms with Crippen molar-refractivity contribution in [3.8, 4) is 0 Å². The molecule has 1 aromatic carbocycles. The van der Waals surface area contributed by atoms with E-state index in [9.17, 15) is 4.79 Å². The number of oxime groups is 1. The second-order valence-electron chi connectivity index (χ2n) is 4.58. The molecule has 2 rings (SSSR count). The number of nitrogens with two attached hydrogens (primary N) is 1. The molecule has 0 saturated heterocycles. The Bertz CT molecular complexity index is 493. The topological polar surface area (TPSA) is 87.7 Å². The second kappa shape index (κ2) is 4.68. The molecule has 1 fully saturated rings. The van der Waals surface area contributed by atoms with Gasteiger partial charge in [0.1, 0.15) is 5.41 Å². The molecule has 1 aliphatic rings. The van der Waals surface area contributed by atoms with Crippen molar-refractivity contribution >= 4 is 17.4 Å². The minimum absolute atomic E-state index is 0.00774. The minimum atomic E-state index is -0.809. The first-order valence-corrected chi connectivity index (χ1v) is 6.01. The number of hydrogen-bond donors (Lipinski definition) is 3. The van der Waals surface area contributed by atoms with Crippen LogP contribution in [0.2, 0.25) is 0 Å². The average molecular weight is 247 g/mol. The van der Waals surface area contributed by atoms with E-state index in [1.807, 2.05) is 24.3 Å². The summed E-state index contributed by atoms with van der Waals surface area (Å²) < 4.78 is 0. The molecule has 0 unspecified atom stereocenters. The normalized spacial score (nSPS) is 17.3. The van der Waals surface area contributed by atoms with E-state index in [1.54, 1.807) is 0 Å². The molecular weight excluding hydrogens is 230 g/mol. The maximum Gasteiger partial charge on any atom is 0.238 e. The van der Waals surface area contributed by atoms with Gasteiger partial charge in [0, 0.05) is 5.69 Å². The van der Waals surface area contributed by atoms with Gasteiger partial charge in [-0.15, -0.1) is 0 Å². The molecule has 4 N–H and O–H groups in total. The Morgan fingerprint density at radius 2 is 2.28 bits per heavy atom. The van der Waals surface area contributed by atoms with Crippen molar-refractivity contribution in [3.63, 3.8) is 0 Å². The van der Waals surface area contributed by atoms with E-state index in [-0.39, 0.29) is 11.7 Å². The van der Waals surface area contributed by atoms with Gasteiger partial charge in [-0.25, -0.2) is 0 Å². The van der Waals surface area contributed by atoms with Crippen LogP contribution in [0.3, 0.4) is 0 Å². The zero-order chi connectivity index (χ0) is 13.2. The van der Waals surface area contributed by atoms with Gasteiger partial charge in [-0.05, 0) is 37.0 Å². The van der Waals surface area contributed by atoms with Crippen LogP contribution in [0.15, 0.2) is 29.4 Å². The highest BCUT2D eigenvalue weighted by molar-refractivity contribution is 6.14. The van der Waals surface area contributed by atoms with Crippen molar-refractivity contribution in [2.45, 2.75) is 26.2 Å². The summed E-state index contributed by atoms with van der Waals surface area (Å²) in [7, 11) is 0. The SMILES string of the molecule is CCc1cccc(NC(=O)C2(/C(N)=N/O)CC2)c1. The highest BCUT2D eigenvalue weighted by Crippen LogP contribution is 2.46. The van der Waals surface area contributed by atoms with Gasteiger partial charge in [-0.3, -0.25) is 4.79 Å². The lowest BCUT2D eigenvalue weighted by Crippen LogP contribution is -2.36. The first kappa shape index (κ1) is 12.4. The number of amides is 1. The van der Waals surface area contributed by atoms with Crippen LogP contribution >= 0.6 is 0 Å². The van der Waals surface area contributed by atoms with Gasteiger partial charge < -0.3 is 16.3 Å². The number of benzene rings is 1. The number of hydrogen-bond acceptors (Lipinski definition) is 3. The molecule has 0 bridgehead atoms. The van der Waals surface area contributed by atoms with Crippen LogP contribution in [-0.4, -0.2) is 17.0 Å². The van der Waals surface area contributed by atoms with Gasteiger partial charge in [0.2, 0.25) is 5.91 Å². The predicted molar refractivity (Wildman–Crippen MR) is 69.5 cm³/mol. The third-order valence-electron chi connectivity index (χ3n) is 3.38. The van der Waals surface area contributed by atoms with Crippen molar-refractivity contribution in [1.29, 1.82) is 0 Å². The Labute approximate surface area is 106 Å². The van der Waals surface area contributed by atoms with Gasteiger partial charge in [-0.2, -0.15) is 0 Å². The Kier molecular flexibility index (Phi) is 3.23. The first-order valence-electron chi connectivity index (χ1n) is 6.01. The minimum Gasteiger partial charge on any atom is -0.409 e. The number of rotatable bonds is 4. The molecule has 0 aromatic heterocycles. The molecule has 0 atom stereocenters. The molecule has 0 heterocycles. The molecule has 1 aliphatic carbocycles. The van der Waals surface area contributed by atoms with Crippen LogP contribution in [0.5, 0.6) is 0 Å². The van der Waals surface area contributed by atoms with Crippen LogP contribution in [0.25, 0.3) is 0 Å². The lowest BCUT2D eigenvalue weighted by molar-refractivity contribution is -0.119. The Balaban J connectivity index is 2.12. The molecule has 18 heavy (non-hydrogen) atoms. The molecule has 1 saturated carbocycles. The number of amidine groups is 1. The number of nitrogens with zero attached hydrogens (tertiary/aromatic N) is 1. The van der Waals surface area contributed by atoms with E-state index >= 15 is 0 Å². The molecular formula is C13H17N3O2. The van der Waals surface area contributed by atoms with E-state index in [0.29, 0.717) is 12.8 Å².